The summed E-state index contributed by atoms with van der Waals surface area (Å²) in [7, 11) is 0. The Kier molecular flexibility index (Phi) is 9.10. The van der Waals surface area contributed by atoms with Crippen molar-refractivity contribution in [2.75, 3.05) is 3.38 Å². The van der Waals surface area contributed by atoms with E-state index >= 15 is 0 Å². The normalized spacial score (nSPS) is 14.2. The fourth-order valence-corrected chi connectivity index (χ4v) is 4.90. The van der Waals surface area contributed by atoms with Crippen LogP contribution in [0.3, 0.4) is 0 Å². The molecule has 0 aromatic heterocycles. The van der Waals surface area contributed by atoms with Gasteiger partial charge in [-0.15, -0.1) is 0 Å². The summed E-state index contributed by atoms with van der Waals surface area (Å²) in [5.74, 6) is 0. The smallest absolute Gasteiger partial charge is 1.00 e. The van der Waals surface area contributed by atoms with Crippen molar-refractivity contribution in [2.24, 2.45) is 0 Å². The predicted molar refractivity (Wildman–Crippen MR) is 109 cm³/mol. The number of nitrogens with zero attached hydrogens (tertiary/aromatic N) is 1. The number of hydrogen-bond donors (Lipinski definition) is 0. The maximum Gasteiger partial charge on any atom is -1.00 e. The molecule has 1 nitrogen and oxygen atoms in total. The van der Waals surface area contributed by atoms with Gasteiger partial charge in [0.25, 0.3) is 0 Å². The molecule has 3 rings (SSSR count). The predicted octanol–water partition coefficient (Wildman–Crippen LogP) is 0.773. The number of benzene rings is 2. The van der Waals surface area contributed by atoms with Gasteiger partial charge >= 0.3 is 171 Å². The summed E-state index contributed by atoms with van der Waals surface area (Å²) in [5, 5.41) is 0. The van der Waals surface area contributed by atoms with Crippen LogP contribution in [0.1, 0.15) is 61.1 Å². The average molecular weight is 449 g/mol. The molecule has 2 aromatic carbocycles. The summed E-state index contributed by atoms with van der Waals surface area (Å²) in [6.07, 6.45) is 3.40. The van der Waals surface area contributed by atoms with E-state index in [4.69, 9.17) is 0 Å². The van der Waals surface area contributed by atoms with Crippen molar-refractivity contribution in [3.8, 4) is 0 Å². The number of halogens is 2. The van der Waals surface area contributed by atoms with E-state index in [1.807, 2.05) is 0 Å². The SMILES string of the molecule is CC1=CCC(c2ccccc2C(C)[N]([Ti+2])c2c(C)cc(C)cc2C)=C1C.[Cl-].[Cl-]. The molecule has 1 aliphatic rings. The van der Waals surface area contributed by atoms with Crippen molar-refractivity contribution in [1.29, 1.82) is 0 Å². The van der Waals surface area contributed by atoms with Crippen LogP contribution in [0.4, 0.5) is 5.69 Å². The van der Waals surface area contributed by atoms with Gasteiger partial charge in [0.1, 0.15) is 0 Å². The molecule has 0 radical (unpaired) electrons. The molecular weight excluding hydrogens is 421 g/mol. The monoisotopic (exact) mass is 448 g/mol. The molecule has 0 fully saturated rings. The van der Waals surface area contributed by atoms with E-state index in [1.54, 1.807) is 0 Å². The van der Waals surface area contributed by atoms with Gasteiger partial charge in [0.2, 0.25) is 0 Å². The minimum atomic E-state index is 0. The summed E-state index contributed by atoms with van der Waals surface area (Å²) in [4.78, 5) is 0. The van der Waals surface area contributed by atoms with Crippen LogP contribution in [0.25, 0.3) is 5.57 Å². The quantitative estimate of drug-likeness (QED) is 0.624. The van der Waals surface area contributed by atoms with Gasteiger partial charge in [0.05, 0.1) is 0 Å². The van der Waals surface area contributed by atoms with E-state index < -0.39 is 0 Å². The van der Waals surface area contributed by atoms with Crippen molar-refractivity contribution < 1.29 is 45.5 Å². The van der Waals surface area contributed by atoms with Gasteiger partial charge in [-0.3, -0.25) is 0 Å². The van der Waals surface area contributed by atoms with Crippen LogP contribution in [0.2, 0.25) is 0 Å². The Hall–Kier alpha value is -0.986. The molecule has 0 bridgehead atoms. The maximum absolute atomic E-state index is 2.44. The first-order valence-electron chi connectivity index (χ1n) is 9.35. The molecule has 0 heterocycles. The summed E-state index contributed by atoms with van der Waals surface area (Å²) in [5.41, 5.74) is 12.5. The van der Waals surface area contributed by atoms with E-state index in [0.29, 0.717) is 6.04 Å². The number of allylic oxidation sites excluding steroid dienone is 4. The third-order valence-electron chi connectivity index (χ3n) is 5.66. The van der Waals surface area contributed by atoms with E-state index in [1.165, 1.54) is 50.2 Å². The topological polar surface area (TPSA) is 3.24 Å². The minimum absolute atomic E-state index is 0. The molecule has 0 amide bonds. The Bertz CT molecular complexity index is 892. The van der Waals surface area contributed by atoms with Crippen LogP contribution in [0, 0.1) is 20.8 Å². The molecule has 2 aromatic rings. The number of hydrogen-bond acceptors (Lipinski definition) is 1. The first kappa shape index (κ1) is 25.1. The molecular formula is C24H28Cl2NTi. The molecule has 0 aliphatic heterocycles. The molecule has 28 heavy (non-hydrogen) atoms. The standard InChI is InChI=1S/C24H28N.2ClH.Ti/c1-15-13-17(3)24(18(4)14-15)25-20(6)22-9-7-8-10-23(22)21-12-11-16(2)19(21)5;;;/h7-11,13-14,20H,12H2,1-6H3;2*1H;/q-1;;;+3/p-2. The van der Waals surface area contributed by atoms with E-state index in [9.17, 15) is 0 Å². The average Bonchev–Trinajstić information content (AvgIpc) is 2.92. The molecule has 4 heteroatoms. The van der Waals surface area contributed by atoms with Crippen LogP contribution in [0.15, 0.2) is 53.6 Å². The summed E-state index contributed by atoms with van der Waals surface area (Å²) >= 11 is 2.23. The largest absolute Gasteiger partial charge is 1.00 e. The second-order valence-corrected chi connectivity index (χ2v) is 8.33. The Morgan fingerprint density at radius 1 is 0.929 bits per heavy atom. The van der Waals surface area contributed by atoms with Crippen LogP contribution < -0.4 is 28.2 Å². The molecule has 0 spiro atoms. The second kappa shape index (κ2) is 10.2. The van der Waals surface area contributed by atoms with Gasteiger partial charge < -0.3 is 24.8 Å². The molecule has 0 saturated carbocycles. The molecule has 1 unspecified atom stereocenters. The molecule has 0 saturated heterocycles. The Labute approximate surface area is 194 Å². The molecule has 1 aliphatic carbocycles. The fraction of sp³-hybridized carbons (Fsp3) is 0.333. The number of anilines is 1. The van der Waals surface area contributed by atoms with Gasteiger partial charge in [-0.1, -0.05) is 0 Å². The zero-order valence-corrected chi connectivity index (χ0v) is 20.6. The van der Waals surface area contributed by atoms with Gasteiger partial charge in [-0.05, 0) is 0 Å². The second-order valence-electron chi connectivity index (χ2n) is 7.58. The maximum atomic E-state index is 2.44. The van der Waals surface area contributed by atoms with E-state index in [0.717, 1.165) is 6.42 Å². The van der Waals surface area contributed by atoms with Gasteiger partial charge in [-0.2, -0.15) is 0 Å². The summed E-state index contributed by atoms with van der Waals surface area (Å²) in [6.45, 7) is 13.4. The van der Waals surface area contributed by atoms with Crippen molar-refractivity contribution in [3.05, 3.63) is 81.4 Å². The van der Waals surface area contributed by atoms with E-state index in [-0.39, 0.29) is 24.8 Å². The third kappa shape index (κ3) is 4.77. The summed E-state index contributed by atoms with van der Waals surface area (Å²) < 4.78 is 2.44. The van der Waals surface area contributed by atoms with Crippen LogP contribution >= 0.6 is 0 Å². The number of aryl methyl sites for hydroxylation is 3. The first-order chi connectivity index (χ1) is 12.3. The van der Waals surface area contributed by atoms with Gasteiger partial charge in [0.15, 0.2) is 0 Å². The van der Waals surface area contributed by atoms with Crippen molar-refractivity contribution in [2.45, 2.75) is 54.0 Å². The zero-order chi connectivity index (χ0) is 19.0. The Morgan fingerprint density at radius 2 is 1.50 bits per heavy atom. The van der Waals surface area contributed by atoms with Crippen LogP contribution in [-0.4, -0.2) is 0 Å². The molecule has 147 valence electrons. The van der Waals surface area contributed by atoms with Crippen molar-refractivity contribution in [3.63, 3.8) is 0 Å². The van der Waals surface area contributed by atoms with Gasteiger partial charge in [-0.25, -0.2) is 0 Å². The third-order valence-corrected chi connectivity index (χ3v) is 6.61. The number of rotatable bonds is 4. The Morgan fingerprint density at radius 3 is 2.04 bits per heavy atom. The van der Waals surface area contributed by atoms with Gasteiger partial charge in [0, 0.05) is 0 Å². The minimum Gasteiger partial charge on any atom is -1.00 e. The van der Waals surface area contributed by atoms with Crippen molar-refractivity contribution in [1.82, 2.24) is 0 Å². The van der Waals surface area contributed by atoms with Crippen LogP contribution in [0.5, 0.6) is 0 Å². The zero-order valence-electron chi connectivity index (χ0n) is 17.5. The Balaban J connectivity index is 0.00000196. The first-order valence-corrected chi connectivity index (χ1v) is 10.1. The fourth-order valence-electron chi connectivity index (χ4n) is 4.13. The molecule has 1 atom stereocenters. The van der Waals surface area contributed by atoms with E-state index in [2.05, 4.69) is 108 Å². The molecule has 0 N–H and O–H groups in total. The summed E-state index contributed by atoms with van der Waals surface area (Å²) in [6, 6.07) is 13.8. The van der Waals surface area contributed by atoms with Crippen molar-refractivity contribution >= 4 is 11.3 Å². The van der Waals surface area contributed by atoms with Crippen LogP contribution in [-0.2, 0) is 20.7 Å².